The van der Waals surface area contributed by atoms with Gasteiger partial charge >= 0.3 is 11.7 Å². The number of nitrogens with zero attached hydrogens (tertiary/aromatic N) is 4. The first-order chi connectivity index (χ1) is 14.8. The molecule has 4 rings (SSSR count). The van der Waals surface area contributed by atoms with E-state index in [1.165, 1.54) is 0 Å². The molecule has 0 bridgehead atoms. The third-order valence-corrected chi connectivity index (χ3v) is 5.97. The molecule has 0 amide bonds. The fourth-order valence-corrected chi connectivity index (χ4v) is 4.50. The van der Waals surface area contributed by atoms with Gasteiger partial charge in [0.05, 0.1) is 35.6 Å². The van der Waals surface area contributed by atoms with Crippen LogP contribution in [0.25, 0.3) is 21.9 Å². The molecule has 2 heterocycles. The van der Waals surface area contributed by atoms with Crippen molar-refractivity contribution >= 4 is 27.9 Å². The third kappa shape index (κ3) is 3.40. The van der Waals surface area contributed by atoms with Crippen molar-refractivity contribution in [3.8, 4) is 6.07 Å². The highest BCUT2D eigenvalue weighted by Crippen LogP contribution is 2.27. The van der Waals surface area contributed by atoms with E-state index < -0.39 is 12.0 Å². The average Bonchev–Trinajstić information content (AvgIpc) is 3.21. The molecular formula is C24H24N4O3. The Morgan fingerprint density at radius 2 is 1.97 bits per heavy atom. The minimum absolute atomic E-state index is 0.153. The number of aliphatic carboxylic acids is 1. The van der Waals surface area contributed by atoms with Crippen LogP contribution in [0.5, 0.6) is 0 Å². The van der Waals surface area contributed by atoms with Gasteiger partial charge in [0, 0.05) is 30.2 Å². The van der Waals surface area contributed by atoms with Crippen LogP contribution in [0.1, 0.15) is 42.5 Å². The lowest BCUT2D eigenvalue weighted by atomic mass is 10.1. The first kappa shape index (κ1) is 20.5. The Morgan fingerprint density at radius 1 is 1.19 bits per heavy atom. The van der Waals surface area contributed by atoms with E-state index in [1.807, 2.05) is 26.2 Å². The van der Waals surface area contributed by atoms with Crippen molar-refractivity contribution in [3.05, 3.63) is 69.8 Å². The van der Waals surface area contributed by atoms with Gasteiger partial charge in [-0.25, -0.2) is 4.79 Å². The Hall–Kier alpha value is -3.79. The molecular weight excluding hydrogens is 392 g/mol. The monoisotopic (exact) mass is 416 g/mol. The number of nitriles is 1. The van der Waals surface area contributed by atoms with Crippen molar-refractivity contribution in [2.45, 2.75) is 39.3 Å². The zero-order valence-electron chi connectivity index (χ0n) is 17.8. The van der Waals surface area contributed by atoms with Crippen LogP contribution in [0.15, 0.2) is 47.4 Å². The molecule has 1 N–H and O–H groups in total. The molecule has 0 saturated carbocycles. The lowest BCUT2D eigenvalue weighted by Crippen LogP contribution is -2.28. The van der Waals surface area contributed by atoms with Gasteiger partial charge in [0.2, 0.25) is 0 Å². The Morgan fingerprint density at radius 3 is 2.65 bits per heavy atom. The first-order valence-corrected chi connectivity index (χ1v) is 10.3. The van der Waals surface area contributed by atoms with Crippen LogP contribution in [0.4, 0.5) is 0 Å². The first-order valence-electron chi connectivity index (χ1n) is 10.3. The second-order valence-electron chi connectivity index (χ2n) is 7.95. The van der Waals surface area contributed by atoms with Crippen LogP contribution in [0.2, 0.25) is 0 Å². The van der Waals surface area contributed by atoms with Gasteiger partial charge in [-0.2, -0.15) is 5.26 Å². The van der Waals surface area contributed by atoms with E-state index in [1.54, 1.807) is 27.3 Å². The molecule has 0 aliphatic heterocycles. The summed E-state index contributed by atoms with van der Waals surface area (Å²) in [5.74, 6) is -0.958. The minimum Gasteiger partial charge on any atom is -0.481 e. The fraction of sp³-hybridized carbons (Fsp3) is 0.292. The highest BCUT2D eigenvalue weighted by Gasteiger charge is 2.23. The third-order valence-electron chi connectivity index (χ3n) is 5.97. The molecule has 1 atom stereocenters. The maximum Gasteiger partial charge on any atom is 0.329 e. The number of aryl methyl sites for hydroxylation is 2. The summed E-state index contributed by atoms with van der Waals surface area (Å²) in [6.45, 7) is 4.28. The van der Waals surface area contributed by atoms with Crippen molar-refractivity contribution in [1.29, 1.82) is 5.26 Å². The number of aromatic nitrogens is 3. The molecule has 0 saturated heterocycles. The molecule has 158 valence electrons. The molecule has 31 heavy (non-hydrogen) atoms. The predicted molar refractivity (Wildman–Crippen MR) is 119 cm³/mol. The zero-order chi connectivity index (χ0) is 22.3. The van der Waals surface area contributed by atoms with Crippen molar-refractivity contribution in [2.75, 3.05) is 0 Å². The highest BCUT2D eigenvalue weighted by molar-refractivity contribution is 5.87. The molecule has 0 aliphatic rings. The maximum atomic E-state index is 13.5. The van der Waals surface area contributed by atoms with Gasteiger partial charge in [-0.05, 0) is 48.7 Å². The lowest BCUT2D eigenvalue weighted by molar-refractivity contribution is -0.137. The Balaban J connectivity index is 1.96. The molecule has 2 aromatic carbocycles. The van der Waals surface area contributed by atoms with Crippen LogP contribution in [0, 0.1) is 18.3 Å². The fourth-order valence-electron chi connectivity index (χ4n) is 4.50. The number of fused-ring (bicyclic) bond motifs is 2. The molecule has 0 spiro atoms. The average molecular weight is 416 g/mol. The molecule has 0 fully saturated rings. The highest BCUT2D eigenvalue weighted by atomic mass is 16.4. The summed E-state index contributed by atoms with van der Waals surface area (Å²) in [5.41, 5.74) is 4.71. The number of benzene rings is 2. The number of carboxylic acids is 1. The smallest absolute Gasteiger partial charge is 0.329 e. The summed E-state index contributed by atoms with van der Waals surface area (Å²) >= 11 is 0. The largest absolute Gasteiger partial charge is 0.481 e. The molecule has 0 aliphatic carbocycles. The van der Waals surface area contributed by atoms with Crippen molar-refractivity contribution in [2.24, 2.45) is 7.05 Å². The SMILES string of the molecule is CC[C@@H](CC(=O)O)n1c(=O)n(Cc2cn(C)c3cccc(C)c23)c2ccc(C#N)cc21. The topological polar surface area (TPSA) is 92.9 Å². The van der Waals surface area contributed by atoms with Gasteiger partial charge in [-0.1, -0.05) is 19.1 Å². The number of carbonyl (C=O) groups is 1. The van der Waals surface area contributed by atoms with E-state index in [0.717, 1.165) is 22.0 Å². The summed E-state index contributed by atoms with van der Waals surface area (Å²) in [6, 6.07) is 12.9. The van der Waals surface area contributed by atoms with Gasteiger partial charge in [0.15, 0.2) is 0 Å². The summed E-state index contributed by atoms with van der Waals surface area (Å²) in [5, 5.41) is 19.8. The van der Waals surface area contributed by atoms with Crippen molar-refractivity contribution in [3.63, 3.8) is 0 Å². The molecule has 0 unspecified atom stereocenters. The lowest BCUT2D eigenvalue weighted by Gasteiger charge is -2.14. The van der Waals surface area contributed by atoms with Crippen LogP contribution in [0.3, 0.4) is 0 Å². The van der Waals surface area contributed by atoms with E-state index in [4.69, 9.17) is 0 Å². The van der Waals surface area contributed by atoms with Gasteiger partial charge in [-0.3, -0.25) is 13.9 Å². The Bertz CT molecular complexity index is 1410. The van der Waals surface area contributed by atoms with Crippen LogP contribution in [-0.4, -0.2) is 24.8 Å². The van der Waals surface area contributed by atoms with E-state index in [9.17, 15) is 20.0 Å². The van der Waals surface area contributed by atoms with Crippen molar-refractivity contribution < 1.29 is 9.90 Å². The molecule has 4 aromatic rings. The van der Waals surface area contributed by atoms with Crippen LogP contribution in [-0.2, 0) is 18.4 Å². The number of hydrogen-bond donors (Lipinski definition) is 1. The van der Waals surface area contributed by atoms with Gasteiger partial charge < -0.3 is 9.67 Å². The molecule has 7 nitrogen and oxygen atoms in total. The molecule has 0 radical (unpaired) electrons. The maximum absolute atomic E-state index is 13.5. The standard InChI is InChI=1S/C24H24N4O3/c1-4-18(11-22(29)30)28-21-10-16(12-25)8-9-19(21)27(24(28)31)14-17-13-26(3)20-7-5-6-15(2)23(17)20/h5-10,13,18H,4,11,14H2,1-3H3,(H,29,30)/t18-/m0/s1. The van der Waals surface area contributed by atoms with Gasteiger partial charge in [0.25, 0.3) is 0 Å². The summed E-state index contributed by atoms with van der Waals surface area (Å²) < 4.78 is 5.28. The second kappa shape index (κ2) is 7.80. The Labute approximate surface area is 179 Å². The zero-order valence-corrected chi connectivity index (χ0v) is 17.8. The minimum atomic E-state index is -0.958. The summed E-state index contributed by atoms with van der Waals surface area (Å²) in [6.07, 6.45) is 2.38. The summed E-state index contributed by atoms with van der Waals surface area (Å²) in [4.78, 5) is 25.0. The number of imidazole rings is 1. The summed E-state index contributed by atoms with van der Waals surface area (Å²) in [7, 11) is 1.98. The molecule has 7 heteroatoms. The quantitative estimate of drug-likeness (QED) is 0.515. The van der Waals surface area contributed by atoms with Crippen molar-refractivity contribution in [1.82, 2.24) is 13.7 Å². The predicted octanol–water partition coefficient (Wildman–Crippen LogP) is 3.95. The van der Waals surface area contributed by atoms with Crippen LogP contribution >= 0.6 is 0 Å². The van der Waals surface area contributed by atoms with Gasteiger partial charge in [-0.15, -0.1) is 0 Å². The number of hydrogen-bond acceptors (Lipinski definition) is 3. The van der Waals surface area contributed by atoms with E-state index in [-0.39, 0.29) is 12.1 Å². The Kier molecular flexibility index (Phi) is 5.15. The van der Waals surface area contributed by atoms with E-state index in [0.29, 0.717) is 29.6 Å². The second-order valence-corrected chi connectivity index (χ2v) is 7.95. The molecule has 2 aromatic heterocycles. The van der Waals surface area contributed by atoms with Gasteiger partial charge in [0.1, 0.15) is 0 Å². The van der Waals surface area contributed by atoms with Crippen LogP contribution < -0.4 is 5.69 Å². The van der Waals surface area contributed by atoms with E-state index in [2.05, 4.69) is 29.7 Å². The number of carboxylic acid groups (broad SMARTS) is 1. The van der Waals surface area contributed by atoms with E-state index >= 15 is 0 Å². The normalized spacial score (nSPS) is 12.3. The number of rotatable bonds is 6.